The summed E-state index contributed by atoms with van der Waals surface area (Å²) in [5.41, 5.74) is 0.845. The third-order valence-electron chi connectivity index (χ3n) is 2.52. The highest BCUT2D eigenvalue weighted by molar-refractivity contribution is 7.13. The van der Waals surface area contributed by atoms with E-state index in [4.69, 9.17) is 4.52 Å². The average molecular weight is 391 g/mol. The quantitative estimate of drug-likeness (QED) is 0.301. The summed E-state index contributed by atoms with van der Waals surface area (Å²) in [6.07, 6.45) is 3.59. The maximum Gasteiger partial charge on any atom is 0.166 e. The van der Waals surface area contributed by atoms with Gasteiger partial charge < -0.3 is 4.52 Å². The molecule has 3 nitrogen and oxygen atoms in total. The zero-order valence-corrected chi connectivity index (χ0v) is 18.3. The molecule has 0 saturated heterocycles. The molecule has 0 spiro atoms. The van der Waals surface area contributed by atoms with Crippen LogP contribution in [0.2, 0.25) is 0 Å². The first-order valence-corrected chi connectivity index (χ1v) is 10.3. The minimum Gasteiger partial charge on any atom is -0.356 e. The second-order valence-corrected chi connectivity index (χ2v) is 4.56. The van der Waals surface area contributed by atoms with Crippen LogP contribution in [0.4, 0.5) is 0 Å². The van der Waals surface area contributed by atoms with E-state index in [2.05, 4.69) is 21.7 Å². The first kappa shape index (κ1) is 29.6. The van der Waals surface area contributed by atoms with E-state index in [1.165, 1.54) is 21.6 Å². The molecule has 152 valence electrons. The molecule has 0 fully saturated rings. The molecule has 0 saturated carbocycles. The lowest BCUT2D eigenvalue weighted by molar-refractivity contribution is 0.456. The predicted octanol–water partition coefficient (Wildman–Crippen LogP) is 8.87. The first-order valence-electron chi connectivity index (χ1n) is 9.52. The van der Waals surface area contributed by atoms with Crippen LogP contribution in [0.1, 0.15) is 62.8 Å². The van der Waals surface area contributed by atoms with Crippen molar-refractivity contribution in [2.24, 2.45) is 0 Å². The molecule has 27 heavy (non-hydrogen) atoms. The maximum atomic E-state index is 4.87. The maximum absolute atomic E-state index is 4.87. The van der Waals surface area contributed by atoms with E-state index in [1.807, 2.05) is 98.0 Å². The highest BCUT2D eigenvalue weighted by atomic mass is 32.1. The fourth-order valence-electron chi connectivity index (χ4n) is 1.62. The zero-order chi connectivity index (χ0) is 20.2. The summed E-state index contributed by atoms with van der Waals surface area (Å²) in [4.78, 5) is 0. The van der Waals surface area contributed by atoms with E-state index in [1.54, 1.807) is 6.20 Å². The van der Waals surface area contributed by atoms with Gasteiger partial charge in [-0.1, -0.05) is 98.3 Å². The van der Waals surface area contributed by atoms with Crippen LogP contribution in [-0.2, 0) is 0 Å². The molecule has 0 radical (unpaired) electrons. The minimum absolute atomic E-state index is 0. The van der Waals surface area contributed by atoms with Crippen molar-refractivity contribution in [3.63, 3.8) is 0 Å². The van der Waals surface area contributed by atoms with Crippen LogP contribution in [0, 0.1) is 0 Å². The SMILES string of the molecule is C.CC.CC.CC.CC.c1ccc2oncc2c1.c1ccc2sncc2c1. The number of hydrogen-bond acceptors (Lipinski definition) is 4. The molecule has 2 heterocycles. The van der Waals surface area contributed by atoms with Crippen LogP contribution in [0.3, 0.4) is 0 Å². The molecule has 0 atom stereocenters. The van der Waals surface area contributed by atoms with Gasteiger partial charge in [-0.2, -0.15) is 4.37 Å². The molecule has 4 aromatic rings. The van der Waals surface area contributed by atoms with Crippen molar-refractivity contribution in [3.8, 4) is 0 Å². The summed E-state index contributed by atoms with van der Waals surface area (Å²) in [5, 5.41) is 5.92. The Labute approximate surface area is 170 Å². The van der Waals surface area contributed by atoms with Gasteiger partial charge in [0.1, 0.15) is 0 Å². The fraction of sp³-hybridized carbons (Fsp3) is 0.391. The Morgan fingerprint density at radius 3 is 1.74 bits per heavy atom. The molecular weight excluding hydrogens is 352 g/mol. The molecule has 4 rings (SSSR count). The third-order valence-corrected chi connectivity index (χ3v) is 3.30. The summed E-state index contributed by atoms with van der Waals surface area (Å²) in [6.45, 7) is 16.0. The Morgan fingerprint density at radius 1 is 0.667 bits per heavy atom. The van der Waals surface area contributed by atoms with E-state index in [0.717, 1.165) is 11.0 Å². The second-order valence-electron chi connectivity index (χ2n) is 3.73. The van der Waals surface area contributed by atoms with Gasteiger partial charge in [0, 0.05) is 17.0 Å². The van der Waals surface area contributed by atoms with E-state index in [-0.39, 0.29) is 7.43 Å². The van der Waals surface area contributed by atoms with Crippen LogP contribution < -0.4 is 0 Å². The largest absolute Gasteiger partial charge is 0.356 e. The van der Waals surface area contributed by atoms with Gasteiger partial charge in [-0.05, 0) is 29.7 Å². The topological polar surface area (TPSA) is 38.9 Å². The Balaban J connectivity index is -0.000000305. The number of hydrogen-bond donors (Lipinski definition) is 0. The molecular formula is C23H38N2OS. The number of rotatable bonds is 0. The highest BCUT2D eigenvalue weighted by Crippen LogP contribution is 2.15. The van der Waals surface area contributed by atoms with Gasteiger partial charge in [0.15, 0.2) is 5.58 Å². The fourth-order valence-corrected chi connectivity index (χ4v) is 2.27. The lowest BCUT2D eigenvalue weighted by Gasteiger charge is -1.80. The van der Waals surface area contributed by atoms with E-state index in [0.29, 0.717) is 0 Å². The first-order chi connectivity index (χ1) is 12.9. The molecule has 0 aliphatic rings. The number of para-hydroxylation sites is 1. The summed E-state index contributed by atoms with van der Waals surface area (Å²) < 4.78 is 10.2. The molecule has 0 unspecified atom stereocenters. The molecule has 0 bridgehead atoms. The predicted molar refractivity (Wildman–Crippen MR) is 126 cm³/mol. The lowest BCUT2D eigenvalue weighted by atomic mass is 10.3. The smallest absolute Gasteiger partial charge is 0.166 e. The van der Waals surface area contributed by atoms with Crippen LogP contribution in [0.25, 0.3) is 21.1 Å². The summed E-state index contributed by atoms with van der Waals surface area (Å²) >= 11 is 1.54. The summed E-state index contributed by atoms with van der Waals surface area (Å²) in [7, 11) is 0. The van der Waals surface area contributed by atoms with Gasteiger partial charge in [-0.15, -0.1) is 0 Å². The van der Waals surface area contributed by atoms with Crippen molar-refractivity contribution < 1.29 is 4.52 Å². The van der Waals surface area contributed by atoms with Gasteiger partial charge >= 0.3 is 0 Å². The molecule has 2 aromatic heterocycles. The van der Waals surface area contributed by atoms with Gasteiger partial charge in [0.2, 0.25) is 0 Å². The molecule has 0 aliphatic heterocycles. The molecule has 2 aromatic carbocycles. The van der Waals surface area contributed by atoms with E-state index < -0.39 is 0 Å². The van der Waals surface area contributed by atoms with Crippen LogP contribution in [-0.4, -0.2) is 9.53 Å². The Morgan fingerprint density at radius 2 is 1.19 bits per heavy atom. The van der Waals surface area contributed by atoms with Crippen LogP contribution >= 0.6 is 11.5 Å². The monoisotopic (exact) mass is 390 g/mol. The zero-order valence-electron chi connectivity index (χ0n) is 17.5. The summed E-state index contributed by atoms with van der Waals surface area (Å²) in [5.74, 6) is 0. The van der Waals surface area contributed by atoms with Crippen molar-refractivity contribution in [2.45, 2.75) is 62.8 Å². The van der Waals surface area contributed by atoms with Gasteiger partial charge in [-0.25, -0.2) is 0 Å². The molecule has 0 amide bonds. The molecule has 0 aliphatic carbocycles. The van der Waals surface area contributed by atoms with Gasteiger partial charge in [0.25, 0.3) is 0 Å². The second kappa shape index (κ2) is 21.8. The van der Waals surface area contributed by atoms with Crippen molar-refractivity contribution in [1.29, 1.82) is 0 Å². The Bertz CT molecular complexity index is 636. The Kier molecular flexibility index (Phi) is 23.9. The highest BCUT2D eigenvalue weighted by Gasteiger charge is 1.91. The number of aromatic nitrogens is 2. The normalized spacial score (nSPS) is 7.70. The van der Waals surface area contributed by atoms with E-state index in [9.17, 15) is 0 Å². The van der Waals surface area contributed by atoms with Crippen molar-refractivity contribution in [1.82, 2.24) is 9.53 Å². The average Bonchev–Trinajstić information content (AvgIpc) is 3.44. The third kappa shape index (κ3) is 11.2. The van der Waals surface area contributed by atoms with Crippen molar-refractivity contribution >= 4 is 32.6 Å². The Hall–Kier alpha value is -2.20. The van der Waals surface area contributed by atoms with Crippen LogP contribution in [0.15, 0.2) is 65.4 Å². The number of fused-ring (bicyclic) bond motifs is 2. The van der Waals surface area contributed by atoms with Crippen LogP contribution in [0.5, 0.6) is 0 Å². The number of nitrogens with zero attached hydrogens (tertiary/aromatic N) is 2. The van der Waals surface area contributed by atoms with Crippen molar-refractivity contribution in [3.05, 3.63) is 60.9 Å². The van der Waals surface area contributed by atoms with Gasteiger partial charge in [0.05, 0.1) is 10.9 Å². The van der Waals surface area contributed by atoms with E-state index >= 15 is 0 Å². The lowest BCUT2D eigenvalue weighted by Crippen LogP contribution is -1.57. The standard InChI is InChI=1S/C7H5NO.C7H5NS.4C2H6.CH4/c2*1-2-4-7-6(3-1)5-8-9-7;4*1-2;/h2*1-5H;4*1-2H3;1H4. The molecule has 4 heteroatoms. The van der Waals surface area contributed by atoms with Crippen molar-refractivity contribution in [2.75, 3.05) is 0 Å². The van der Waals surface area contributed by atoms with Gasteiger partial charge in [-0.3, -0.25) is 0 Å². The summed E-state index contributed by atoms with van der Waals surface area (Å²) in [6, 6.07) is 15.9. The number of benzene rings is 2. The molecule has 0 N–H and O–H groups in total. The minimum atomic E-state index is 0.